The van der Waals surface area contributed by atoms with Gasteiger partial charge in [-0.2, -0.15) is 0 Å². The van der Waals surface area contributed by atoms with Gasteiger partial charge in [-0.25, -0.2) is 4.98 Å². The van der Waals surface area contributed by atoms with E-state index in [1.54, 1.807) is 18.3 Å². The molecule has 0 unspecified atom stereocenters. The molecule has 0 aliphatic carbocycles. The van der Waals surface area contributed by atoms with E-state index in [1.165, 1.54) is 0 Å². The minimum absolute atomic E-state index is 0.205. The summed E-state index contributed by atoms with van der Waals surface area (Å²) in [7, 11) is 1.98. The number of aromatic nitrogens is 3. The van der Waals surface area contributed by atoms with Crippen molar-refractivity contribution in [3.05, 3.63) is 96.1 Å². The molecule has 1 N–H and O–H groups in total. The number of imidazole rings is 1. The minimum atomic E-state index is -0.265. The summed E-state index contributed by atoms with van der Waals surface area (Å²) in [5, 5.41) is 3.12. The third-order valence-corrected chi connectivity index (χ3v) is 4.62. The van der Waals surface area contributed by atoms with Gasteiger partial charge in [0, 0.05) is 13.2 Å². The van der Waals surface area contributed by atoms with Crippen LogP contribution in [0, 0.1) is 0 Å². The van der Waals surface area contributed by atoms with Crippen molar-refractivity contribution in [1.29, 1.82) is 0 Å². The summed E-state index contributed by atoms with van der Waals surface area (Å²) >= 11 is 0. The van der Waals surface area contributed by atoms with Gasteiger partial charge in [0.1, 0.15) is 11.5 Å². The molecule has 2 aromatic carbocycles. The minimum Gasteiger partial charge on any atom is -0.340 e. The average molecular weight is 356 g/mol. The molecular weight excluding hydrogens is 336 g/mol. The highest BCUT2D eigenvalue weighted by Gasteiger charge is 2.22. The molecule has 0 radical (unpaired) electrons. The molecule has 1 amide bonds. The van der Waals surface area contributed by atoms with Gasteiger partial charge in [0.05, 0.1) is 17.1 Å². The molecule has 0 aliphatic heterocycles. The van der Waals surface area contributed by atoms with Gasteiger partial charge < -0.3 is 9.88 Å². The van der Waals surface area contributed by atoms with E-state index < -0.39 is 0 Å². The predicted molar refractivity (Wildman–Crippen MR) is 105 cm³/mol. The first-order chi connectivity index (χ1) is 13.2. The fourth-order valence-electron chi connectivity index (χ4n) is 3.26. The van der Waals surface area contributed by atoms with Gasteiger partial charge in [0.2, 0.25) is 0 Å². The van der Waals surface area contributed by atoms with Gasteiger partial charge in [0.25, 0.3) is 5.91 Å². The third kappa shape index (κ3) is 3.58. The Bertz CT molecular complexity index is 1060. The Morgan fingerprint density at radius 1 is 1.00 bits per heavy atom. The van der Waals surface area contributed by atoms with Crippen molar-refractivity contribution in [2.45, 2.75) is 12.5 Å². The molecule has 0 bridgehead atoms. The number of hydrogen-bond donors (Lipinski definition) is 1. The monoisotopic (exact) mass is 356 g/mol. The molecule has 2 aromatic heterocycles. The van der Waals surface area contributed by atoms with Crippen molar-refractivity contribution >= 4 is 16.9 Å². The zero-order valence-corrected chi connectivity index (χ0v) is 15.0. The molecule has 27 heavy (non-hydrogen) atoms. The number of carbonyl (C=O) groups excluding carboxylic acids is 1. The van der Waals surface area contributed by atoms with Crippen molar-refractivity contribution < 1.29 is 4.79 Å². The van der Waals surface area contributed by atoms with Crippen LogP contribution in [-0.2, 0) is 13.5 Å². The van der Waals surface area contributed by atoms with Gasteiger partial charge >= 0.3 is 0 Å². The van der Waals surface area contributed by atoms with Crippen molar-refractivity contribution in [2.75, 3.05) is 0 Å². The lowest BCUT2D eigenvalue weighted by Gasteiger charge is -2.19. The number of fused-ring (bicyclic) bond motifs is 1. The Hall–Kier alpha value is -3.47. The summed E-state index contributed by atoms with van der Waals surface area (Å²) in [6.45, 7) is 0. The lowest BCUT2D eigenvalue weighted by atomic mass is 10.0. The molecule has 5 heteroatoms. The second kappa shape index (κ2) is 7.41. The number of para-hydroxylation sites is 2. The number of hydrogen-bond acceptors (Lipinski definition) is 3. The summed E-state index contributed by atoms with van der Waals surface area (Å²) in [6.07, 6.45) is 2.27. The quantitative estimate of drug-likeness (QED) is 0.593. The van der Waals surface area contributed by atoms with Gasteiger partial charge in [0.15, 0.2) is 0 Å². The third-order valence-electron chi connectivity index (χ3n) is 4.62. The highest BCUT2D eigenvalue weighted by Crippen LogP contribution is 2.23. The summed E-state index contributed by atoms with van der Waals surface area (Å²) in [6, 6.07) is 23.1. The van der Waals surface area contributed by atoms with Crippen molar-refractivity contribution in [3.8, 4) is 0 Å². The fraction of sp³-hybridized carbons (Fsp3) is 0.136. The first-order valence-corrected chi connectivity index (χ1v) is 8.89. The lowest BCUT2D eigenvalue weighted by molar-refractivity contribution is 0.0929. The maximum absolute atomic E-state index is 12.7. The van der Waals surface area contributed by atoms with Crippen LogP contribution in [-0.4, -0.2) is 20.4 Å². The molecule has 0 aliphatic rings. The van der Waals surface area contributed by atoms with Crippen molar-refractivity contribution in [1.82, 2.24) is 19.9 Å². The van der Waals surface area contributed by atoms with Crippen LogP contribution < -0.4 is 5.32 Å². The number of rotatable bonds is 5. The van der Waals surface area contributed by atoms with Gasteiger partial charge in [-0.15, -0.1) is 0 Å². The van der Waals surface area contributed by atoms with Gasteiger partial charge in [-0.1, -0.05) is 48.5 Å². The maximum Gasteiger partial charge on any atom is 0.270 e. The SMILES string of the molecule is Cn1c([C@@H](Cc2ccccc2)NC(=O)c2ccccn2)nc2ccccc21. The highest BCUT2D eigenvalue weighted by molar-refractivity contribution is 5.92. The largest absolute Gasteiger partial charge is 0.340 e. The van der Waals surface area contributed by atoms with Crippen LogP contribution in [0.15, 0.2) is 79.0 Å². The molecule has 0 saturated heterocycles. The summed E-state index contributed by atoms with van der Waals surface area (Å²) in [4.78, 5) is 21.7. The van der Waals surface area contributed by atoms with Crippen LogP contribution in [0.4, 0.5) is 0 Å². The number of benzene rings is 2. The molecule has 1 atom stereocenters. The van der Waals surface area contributed by atoms with Crippen LogP contribution in [0.1, 0.15) is 27.9 Å². The molecule has 134 valence electrons. The van der Waals surface area contributed by atoms with E-state index in [4.69, 9.17) is 4.98 Å². The first kappa shape index (κ1) is 17.0. The van der Waals surface area contributed by atoms with Gasteiger partial charge in [-0.3, -0.25) is 9.78 Å². The predicted octanol–water partition coefficient (Wildman–Crippen LogP) is 3.68. The van der Waals surface area contributed by atoms with E-state index in [0.717, 1.165) is 22.4 Å². The van der Waals surface area contributed by atoms with E-state index in [0.29, 0.717) is 12.1 Å². The van der Waals surface area contributed by atoms with E-state index in [1.807, 2.05) is 60.1 Å². The number of aryl methyl sites for hydroxylation is 1. The standard InChI is InChI=1S/C22H20N4O/c1-26-20-13-6-5-11-17(20)24-21(26)19(15-16-9-3-2-4-10-16)25-22(27)18-12-7-8-14-23-18/h2-14,19H,15H2,1H3,(H,25,27)/t19-/m1/s1. The highest BCUT2D eigenvalue weighted by atomic mass is 16.1. The zero-order chi connectivity index (χ0) is 18.6. The summed E-state index contributed by atoms with van der Waals surface area (Å²) in [5.74, 6) is 0.618. The number of nitrogens with zero attached hydrogens (tertiary/aromatic N) is 3. The Labute approximate surface area is 157 Å². The number of pyridine rings is 1. The Balaban J connectivity index is 1.71. The average Bonchev–Trinajstić information content (AvgIpc) is 3.06. The van der Waals surface area contributed by atoms with Crippen LogP contribution in [0.25, 0.3) is 11.0 Å². The fourth-order valence-corrected chi connectivity index (χ4v) is 3.26. The van der Waals surface area contributed by atoms with Gasteiger partial charge in [-0.05, 0) is 36.2 Å². The normalized spacial score (nSPS) is 12.0. The molecule has 4 rings (SSSR count). The van der Waals surface area contributed by atoms with Crippen LogP contribution >= 0.6 is 0 Å². The van der Waals surface area contributed by atoms with E-state index in [-0.39, 0.29) is 11.9 Å². The second-order valence-corrected chi connectivity index (χ2v) is 6.45. The second-order valence-electron chi connectivity index (χ2n) is 6.45. The number of amides is 1. The Morgan fingerprint density at radius 2 is 1.74 bits per heavy atom. The smallest absolute Gasteiger partial charge is 0.270 e. The van der Waals surface area contributed by atoms with Crippen LogP contribution in [0.3, 0.4) is 0 Å². The maximum atomic E-state index is 12.7. The van der Waals surface area contributed by atoms with Crippen molar-refractivity contribution in [2.24, 2.45) is 7.05 Å². The summed E-state index contributed by atoms with van der Waals surface area (Å²) in [5.41, 5.74) is 3.49. The zero-order valence-electron chi connectivity index (χ0n) is 15.0. The van der Waals surface area contributed by atoms with E-state index >= 15 is 0 Å². The summed E-state index contributed by atoms with van der Waals surface area (Å²) < 4.78 is 2.04. The Morgan fingerprint density at radius 3 is 2.48 bits per heavy atom. The number of nitrogens with one attached hydrogen (secondary N) is 1. The molecule has 2 heterocycles. The lowest BCUT2D eigenvalue weighted by Crippen LogP contribution is -2.32. The molecule has 5 nitrogen and oxygen atoms in total. The topological polar surface area (TPSA) is 59.8 Å². The van der Waals surface area contributed by atoms with E-state index in [2.05, 4.69) is 22.4 Å². The molecule has 4 aromatic rings. The molecule has 0 saturated carbocycles. The molecular formula is C22H20N4O. The van der Waals surface area contributed by atoms with E-state index in [9.17, 15) is 4.79 Å². The molecule has 0 fully saturated rings. The van der Waals surface area contributed by atoms with Crippen molar-refractivity contribution in [3.63, 3.8) is 0 Å². The first-order valence-electron chi connectivity index (χ1n) is 8.89. The Kier molecular flexibility index (Phi) is 4.66. The van der Waals surface area contributed by atoms with Crippen LogP contribution in [0.5, 0.6) is 0 Å². The van der Waals surface area contributed by atoms with Crippen LogP contribution in [0.2, 0.25) is 0 Å². The molecule has 0 spiro atoms. The number of carbonyl (C=O) groups is 1.